The van der Waals surface area contributed by atoms with Crippen LogP contribution in [-0.2, 0) is 30.8 Å². The lowest BCUT2D eigenvalue weighted by atomic mass is 10.0. The standard InChI is InChI=1S/C21H25ClN2O5S/c1-4-29-19(25)13-15-5-9-17(10-6-15)23-21(26)20(14(2)3)24-30(27,28)18-11-7-16(22)8-12-18/h5-12,14,20,24H,4,13H2,1-3H3,(H,23,26)/t20-/m0/s1. The van der Waals surface area contributed by atoms with E-state index in [-0.39, 0.29) is 23.2 Å². The SMILES string of the molecule is CCOC(=O)Cc1ccc(NC(=O)[C@@H](NS(=O)(=O)c2ccc(Cl)cc2)C(C)C)cc1. The first kappa shape index (κ1) is 23.9. The lowest BCUT2D eigenvalue weighted by molar-refractivity contribution is -0.142. The molecular formula is C21H25ClN2O5S. The molecule has 2 aromatic rings. The highest BCUT2D eigenvalue weighted by atomic mass is 35.5. The van der Waals surface area contributed by atoms with Crippen LogP contribution in [-0.4, -0.2) is 32.9 Å². The second kappa shape index (κ2) is 10.6. The fourth-order valence-corrected chi connectivity index (χ4v) is 4.12. The molecule has 2 N–H and O–H groups in total. The minimum atomic E-state index is -3.91. The molecule has 0 aliphatic carbocycles. The molecule has 2 aromatic carbocycles. The van der Waals surface area contributed by atoms with Gasteiger partial charge in [-0.05, 0) is 54.8 Å². The molecule has 0 saturated carbocycles. The molecule has 0 saturated heterocycles. The van der Waals surface area contributed by atoms with Crippen LogP contribution >= 0.6 is 11.6 Å². The van der Waals surface area contributed by atoms with Crippen LogP contribution in [0.3, 0.4) is 0 Å². The first-order valence-corrected chi connectivity index (χ1v) is 11.3. The molecule has 0 aromatic heterocycles. The van der Waals surface area contributed by atoms with Crippen molar-refractivity contribution in [3.05, 3.63) is 59.1 Å². The predicted octanol–water partition coefficient (Wildman–Crippen LogP) is 3.39. The highest BCUT2D eigenvalue weighted by molar-refractivity contribution is 7.89. The Balaban J connectivity index is 2.08. The van der Waals surface area contributed by atoms with Crippen LogP contribution < -0.4 is 10.0 Å². The molecule has 30 heavy (non-hydrogen) atoms. The van der Waals surface area contributed by atoms with Crippen LogP contribution in [0.4, 0.5) is 5.69 Å². The maximum Gasteiger partial charge on any atom is 0.310 e. The summed E-state index contributed by atoms with van der Waals surface area (Å²) in [5.41, 5.74) is 1.24. The molecule has 0 heterocycles. The summed E-state index contributed by atoms with van der Waals surface area (Å²) in [6.45, 7) is 5.55. The molecule has 1 atom stereocenters. The zero-order valence-corrected chi connectivity index (χ0v) is 18.6. The first-order chi connectivity index (χ1) is 14.1. The number of halogens is 1. The van der Waals surface area contributed by atoms with Crippen molar-refractivity contribution in [3.63, 3.8) is 0 Å². The summed E-state index contributed by atoms with van der Waals surface area (Å²) < 4.78 is 32.6. The minimum absolute atomic E-state index is 0.0219. The van der Waals surface area contributed by atoms with Gasteiger partial charge in [0.15, 0.2) is 0 Å². The predicted molar refractivity (Wildman–Crippen MR) is 116 cm³/mol. The Bertz CT molecular complexity index is 973. The minimum Gasteiger partial charge on any atom is -0.466 e. The number of ether oxygens (including phenoxy) is 1. The highest BCUT2D eigenvalue weighted by Crippen LogP contribution is 2.17. The Kier molecular flexibility index (Phi) is 8.40. The van der Waals surface area contributed by atoms with Crippen molar-refractivity contribution in [1.82, 2.24) is 4.72 Å². The quantitative estimate of drug-likeness (QED) is 0.568. The summed E-state index contributed by atoms with van der Waals surface area (Å²) in [6, 6.07) is 11.4. The van der Waals surface area contributed by atoms with Gasteiger partial charge < -0.3 is 10.1 Å². The van der Waals surface area contributed by atoms with Crippen molar-refractivity contribution < 1.29 is 22.7 Å². The van der Waals surface area contributed by atoms with Crippen molar-refractivity contribution >= 4 is 39.2 Å². The number of sulfonamides is 1. The monoisotopic (exact) mass is 452 g/mol. The summed E-state index contributed by atoms with van der Waals surface area (Å²) in [5.74, 6) is -1.11. The molecule has 0 spiro atoms. The van der Waals surface area contributed by atoms with Gasteiger partial charge in [-0.3, -0.25) is 9.59 Å². The number of esters is 1. The average molecular weight is 453 g/mol. The number of amides is 1. The number of carbonyl (C=O) groups excluding carboxylic acids is 2. The van der Waals surface area contributed by atoms with E-state index in [1.54, 1.807) is 45.0 Å². The van der Waals surface area contributed by atoms with Crippen LogP contribution in [0.25, 0.3) is 0 Å². The summed E-state index contributed by atoms with van der Waals surface area (Å²) in [7, 11) is -3.91. The fraction of sp³-hybridized carbons (Fsp3) is 0.333. The molecular weight excluding hydrogens is 428 g/mol. The number of hydrogen-bond acceptors (Lipinski definition) is 5. The van der Waals surface area contributed by atoms with Crippen molar-refractivity contribution in [2.45, 2.75) is 38.1 Å². The molecule has 0 radical (unpaired) electrons. The van der Waals surface area contributed by atoms with Crippen molar-refractivity contribution in [3.8, 4) is 0 Å². The van der Waals surface area contributed by atoms with Gasteiger partial charge in [-0.1, -0.05) is 37.6 Å². The molecule has 1 amide bonds. The zero-order chi connectivity index (χ0) is 22.3. The smallest absolute Gasteiger partial charge is 0.310 e. The van der Waals surface area contributed by atoms with Gasteiger partial charge in [0.2, 0.25) is 15.9 Å². The summed E-state index contributed by atoms with van der Waals surface area (Å²) in [6.07, 6.45) is 0.136. The van der Waals surface area contributed by atoms with Gasteiger partial charge in [0, 0.05) is 10.7 Å². The average Bonchev–Trinajstić information content (AvgIpc) is 2.68. The van der Waals surface area contributed by atoms with Gasteiger partial charge in [-0.15, -0.1) is 0 Å². The molecule has 9 heteroatoms. The number of rotatable bonds is 9. The Hall–Kier alpha value is -2.42. The van der Waals surface area contributed by atoms with Crippen molar-refractivity contribution in [1.29, 1.82) is 0 Å². The van der Waals surface area contributed by atoms with Crippen molar-refractivity contribution in [2.24, 2.45) is 5.92 Å². The lowest BCUT2D eigenvalue weighted by Crippen LogP contribution is -2.47. The van der Waals surface area contributed by atoms with Gasteiger partial charge in [0.05, 0.1) is 17.9 Å². The number of carbonyl (C=O) groups is 2. The Morgan fingerprint density at radius 2 is 1.63 bits per heavy atom. The van der Waals surface area contributed by atoms with E-state index >= 15 is 0 Å². The van der Waals surface area contributed by atoms with E-state index in [2.05, 4.69) is 10.0 Å². The van der Waals surface area contributed by atoms with Crippen LogP contribution in [0, 0.1) is 5.92 Å². The van der Waals surface area contributed by atoms with Gasteiger partial charge in [0.1, 0.15) is 6.04 Å². The van der Waals surface area contributed by atoms with Gasteiger partial charge in [0.25, 0.3) is 0 Å². The number of benzene rings is 2. The van der Waals surface area contributed by atoms with Crippen molar-refractivity contribution in [2.75, 3.05) is 11.9 Å². The summed E-state index contributed by atoms with van der Waals surface area (Å²) in [5, 5.41) is 3.12. The van der Waals surface area contributed by atoms with Crippen LogP contribution in [0.5, 0.6) is 0 Å². The molecule has 0 aliphatic rings. The van der Waals surface area contributed by atoms with Gasteiger partial charge in [-0.25, -0.2) is 8.42 Å². The Morgan fingerprint density at radius 3 is 2.17 bits per heavy atom. The van der Waals surface area contributed by atoms with E-state index in [4.69, 9.17) is 16.3 Å². The van der Waals surface area contributed by atoms with E-state index in [1.807, 2.05) is 0 Å². The molecule has 2 rings (SSSR count). The Morgan fingerprint density at radius 1 is 1.03 bits per heavy atom. The molecule has 7 nitrogen and oxygen atoms in total. The maximum atomic E-state index is 12.7. The summed E-state index contributed by atoms with van der Waals surface area (Å²) in [4.78, 5) is 24.3. The van der Waals surface area contributed by atoms with E-state index in [1.165, 1.54) is 24.3 Å². The number of hydrogen-bond donors (Lipinski definition) is 2. The molecule has 0 unspecified atom stereocenters. The van der Waals surface area contributed by atoms with Crippen LogP contribution in [0.15, 0.2) is 53.4 Å². The molecule has 0 fully saturated rings. The Labute approximate surface area is 181 Å². The third-order valence-electron chi connectivity index (χ3n) is 4.23. The second-order valence-corrected chi connectivity index (χ2v) is 9.12. The second-order valence-electron chi connectivity index (χ2n) is 6.96. The maximum absolute atomic E-state index is 12.7. The van der Waals surface area contributed by atoms with E-state index < -0.39 is 22.0 Å². The number of nitrogens with one attached hydrogen (secondary N) is 2. The largest absolute Gasteiger partial charge is 0.466 e. The van der Waals surface area contributed by atoms with E-state index in [9.17, 15) is 18.0 Å². The number of anilines is 1. The topological polar surface area (TPSA) is 102 Å². The molecule has 162 valence electrons. The fourth-order valence-electron chi connectivity index (χ4n) is 2.65. The van der Waals surface area contributed by atoms with E-state index in [0.717, 1.165) is 5.56 Å². The van der Waals surface area contributed by atoms with Gasteiger partial charge >= 0.3 is 5.97 Å². The zero-order valence-electron chi connectivity index (χ0n) is 17.0. The first-order valence-electron chi connectivity index (χ1n) is 9.45. The molecule has 0 bridgehead atoms. The van der Waals surface area contributed by atoms with Gasteiger partial charge in [-0.2, -0.15) is 4.72 Å². The van der Waals surface area contributed by atoms with Crippen LogP contribution in [0.2, 0.25) is 5.02 Å². The normalized spacial score (nSPS) is 12.4. The third-order valence-corrected chi connectivity index (χ3v) is 5.94. The highest BCUT2D eigenvalue weighted by Gasteiger charge is 2.28. The summed E-state index contributed by atoms with van der Waals surface area (Å²) >= 11 is 5.81. The van der Waals surface area contributed by atoms with E-state index in [0.29, 0.717) is 17.3 Å². The lowest BCUT2D eigenvalue weighted by Gasteiger charge is -2.21. The molecule has 0 aliphatic heterocycles. The third kappa shape index (κ3) is 6.83. The van der Waals surface area contributed by atoms with Crippen LogP contribution in [0.1, 0.15) is 26.3 Å².